The van der Waals surface area contributed by atoms with Crippen LogP contribution in [-0.4, -0.2) is 15.7 Å². The van der Waals surface area contributed by atoms with Gasteiger partial charge in [0, 0.05) is 21.8 Å². The number of rotatable bonds is 6. The first-order valence-electron chi connectivity index (χ1n) is 7.65. The molecule has 3 rings (SSSR count). The van der Waals surface area contributed by atoms with Crippen LogP contribution in [0.15, 0.2) is 60.8 Å². The molecule has 0 saturated heterocycles. The van der Waals surface area contributed by atoms with E-state index in [1.54, 1.807) is 53.3 Å². The lowest BCUT2D eigenvalue weighted by Crippen LogP contribution is -2.24. The van der Waals surface area contributed by atoms with Crippen molar-refractivity contribution in [1.82, 2.24) is 15.3 Å². The van der Waals surface area contributed by atoms with Gasteiger partial charge in [0.15, 0.2) is 0 Å². The van der Waals surface area contributed by atoms with Crippen LogP contribution in [-0.2, 0) is 11.4 Å². The van der Waals surface area contributed by atoms with Crippen LogP contribution in [0.5, 0.6) is 0 Å². The minimum atomic E-state index is -0.926. The molecule has 0 fully saturated rings. The number of carbonyl (C=O) groups is 1. The second-order valence-electron chi connectivity index (χ2n) is 5.41. The number of halogens is 3. The average molecular weight is 411 g/mol. The first kappa shape index (κ1) is 18.7. The third kappa shape index (κ3) is 4.77. The van der Waals surface area contributed by atoms with E-state index in [0.717, 1.165) is 5.56 Å². The second-order valence-corrected chi connectivity index (χ2v) is 6.65. The van der Waals surface area contributed by atoms with E-state index in [9.17, 15) is 4.79 Å². The summed E-state index contributed by atoms with van der Waals surface area (Å²) in [6.07, 6.45) is 1.75. The van der Waals surface area contributed by atoms with Crippen LogP contribution in [0, 0.1) is 0 Å². The standard InChI is InChI=1S/C18H14Cl3N3O2/c19-14-7-6-13(15(20)10-14)11-24-9-8-16(22-24)17(21)26-23-18(25)12-4-2-1-3-5-12/h1-10,17H,11H2,(H,23,25). The summed E-state index contributed by atoms with van der Waals surface area (Å²) in [7, 11) is 0. The molecule has 2 aromatic carbocycles. The van der Waals surface area contributed by atoms with Gasteiger partial charge >= 0.3 is 0 Å². The molecular formula is C18H14Cl3N3O2. The summed E-state index contributed by atoms with van der Waals surface area (Å²) in [6, 6.07) is 15.7. The molecule has 0 bridgehead atoms. The van der Waals surface area contributed by atoms with Gasteiger partial charge in [0.25, 0.3) is 5.91 Å². The highest BCUT2D eigenvalue weighted by atomic mass is 35.5. The Morgan fingerprint density at radius 3 is 2.65 bits per heavy atom. The third-order valence-electron chi connectivity index (χ3n) is 3.53. The van der Waals surface area contributed by atoms with Crippen molar-refractivity contribution in [2.24, 2.45) is 0 Å². The number of hydrogen-bond acceptors (Lipinski definition) is 3. The number of aromatic nitrogens is 2. The van der Waals surface area contributed by atoms with Crippen LogP contribution in [0.4, 0.5) is 0 Å². The molecule has 1 unspecified atom stereocenters. The van der Waals surface area contributed by atoms with Gasteiger partial charge in [-0.3, -0.25) is 9.48 Å². The highest BCUT2D eigenvalue weighted by Crippen LogP contribution is 2.23. The van der Waals surface area contributed by atoms with Crippen molar-refractivity contribution in [2.45, 2.75) is 12.1 Å². The highest BCUT2D eigenvalue weighted by Gasteiger charge is 2.15. The first-order chi connectivity index (χ1) is 12.5. The van der Waals surface area contributed by atoms with Gasteiger partial charge in [-0.15, -0.1) is 0 Å². The van der Waals surface area contributed by atoms with E-state index < -0.39 is 5.56 Å². The molecule has 0 aliphatic rings. The van der Waals surface area contributed by atoms with E-state index in [-0.39, 0.29) is 5.91 Å². The fourth-order valence-corrected chi connectivity index (χ4v) is 2.85. The number of alkyl halides is 1. The number of hydrogen-bond donors (Lipinski definition) is 1. The molecule has 134 valence electrons. The van der Waals surface area contributed by atoms with Gasteiger partial charge in [-0.1, -0.05) is 59.1 Å². The second kappa shape index (κ2) is 8.56. The SMILES string of the molecule is O=C(NOC(Cl)c1ccn(Cc2ccc(Cl)cc2Cl)n1)c1ccccc1. The lowest BCUT2D eigenvalue weighted by atomic mass is 10.2. The summed E-state index contributed by atoms with van der Waals surface area (Å²) in [6.45, 7) is 0.454. The normalized spacial score (nSPS) is 12.0. The summed E-state index contributed by atoms with van der Waals surface area (Å²) in [5.74, 6) is -0.386. The molecule has 0 aliphatic heterocycles. The molecule has 0 spiro atoms. The predicted molar refractivity (Wildman–Crippen MR) is 101 cm³/mol. The van der Waals surface area contributed by atoms with Gasteiger partial charge in [0.2, 0.25) is 5.56 Å². The maximum Gasteiger partial charge on any atom is 0.274 e. The number of benzene rings is 2. The molecule has 8 heteroatoms. The van der Waals surface area contributed by atoms with E-state index in [1.165, 1.54) is 0 Å². The van der Waals surface area contributed by atoms with Gasteiger partial charge in [0.05, 0.1) is 6.54 Å². The topological polar surface area (TPSA) is 56.1 Å². The lowest BCUT2D eigenvalue weighted by molar-refractivity contribution is 0.0151. The van der Waals surface area contributed by atoms with Crippen LogP contribution in [0.25, 0.3) is 0 Å². The summed E-state index contributed by atoms with van der Waals surface area (Å²) < 4.78 is 1.67. The average Bonchev–Trinajstić information content (AvgIpc) is 3.11. The van der Waals surface area contributed by atoms with Crippen LogP contribution in [0.1, 0.15) is 27.2 Å². The van der Waals surface area contributed by atoms with Crippen LogP contribution >= 0.6 is 34.8 Å². The highest BCUT2D eigenvalue weighted by molar-refractivity contribution is 6.35. The van der Waals surface area contributed by atoms with E-state index in [0.29, 0.717) is 27.8 Å². The largest absolute Gasteiger partial charge is 0.274 e. The smallest absolute Gasteiger partial charge is 0.268 e. The maximum atomic E-state index is 11.9. The molecule has 3 aromatic rings. The predicted octanol–water partition coefficient (Wildman–Crippen LogP) is 4.84. The van der Waals surface area contributed by atoms with Gasteiger partial charge in [-0.2, -0.15) is 5.10 Å². The summed E-state index contributed by atoms with van der Waals surface area (Å²) in [4.78, 5) is 17.1. The molecule has 1 N–H and O–H groups in total. The van der Waals surface area contributed by atoms with Gasteiger partial charge < -0.3 is 0 Å². The lowest BCUT2D eigenvalue weighted by Gasteiger charge is -2.10. The maximum absolute atomic E-state index is 11.9. The Balaban J connectivity index is 1.59. The van der Waals surface area contributed by atoms with Crippen molar-refractivity contribution in [1.29, 1.82) is 0 Å². The Labute approximate surface area is 165 Å². The Morgan fingerprint density at radius 1 is 1.15 bits per heavy atom. The number of nitrogens with zero attached hydrogens (tertiary/aromatic N) is 2. The molecular weight excluding hydrogens is 397 g/mol. The Hall–Kier alpha value is -2.05. The summed E-state index contributed by atoms with van der Waals surface area (Å²) in [5, 5.41) is 5.47. The van der Waals surface area contributed by atoms with Crippen LogP contribution in [0.3, 0.4) is 0 Å². The van der Waals surface area contributed by atoms with Crippen molar-refractivity contribution in [3.63, 3.8) is 0 Å². The molecule has 26 heavy (non-hydrogen) atoms. The number of hydroxylamine groups is 1. The summed E-state index contributed by atoms with van der Waals surface area (Å²) in [5.41, 5.74) is 3.19. The zero-order valence-electron chi connectivity index (χ0n) is 13.4. The Bertz CT molecular complexity index is 900. The van der Waals surface area contributed by atoms with Gasteiger partial charge in [-0.05, 0) is 35.9 Å². The van der Waals surface area contributed by atoms with Crippen molar-refractivity contribution in [3.8, 4) is 0 Å². The van der Waals surface area contributed by atoms with E-state index in [2.05, 4.69) is 10.6 Å². The van der Waals surface area contributed by atoms with E-state index in [1.807, 2.05) is 12.1 Å². The number of amides is 1. The molecule has 1 amide bonds. The zero-order chi connectivity index (χ0) is 18.5. The molecule has 1 aromatic heterocycles. The molecule has 0 aliphatic carbocycles. The van der Waals surface area contributed by atoms with E-state index >= 15 is 0 Å². The van der Waals surface area contributed by atoms with E-state index in [4.69, 9.17) is 39.6 Å². The van der Waals surface area contributed by atoms with Crippen molar-refractivity contribution in [3.05, 3.63) is 87.7 Å². The van der Waals surface area contributed by atoms with Crippen LogP contribution in [0.2, 0.25) is 10.0 Å². The Kier molecular flexibility index (Phi) is 6.16. The monoisotopic (exact) mass is 409 g/mol. The fourth-order valence-electron chi connectivity index (χ4n) is 2.23. The van der Waals surface area contributed by atoms with Crippen molar-refractivity contribution < 1.29 is 9.63 Å². The zero-order valence-corrected chi connectivity index (χ0v) is 15.7. The molecule has 0 saturated carbocycles. The molecule has 1 heterocycles. The minimum absolute atomic E-state index is 0.386. The molecule has 0 radical (unpaired) electrons. The van der Waals surface area contributed by atoms with Crippen molar-refractivity contribution in [2.75, 3.05) is 0 Å². The number of carbonyl (C=O) groups excluding carboxylic acids is 1. The fraction of sp³-hybridized carbons (Fsp3) is 0.111. The first-order valence-corrected chi connectivity index (χ1v) is 8.84. The molecule has 5 nitrogen and oxygen atoms in total. The molecule has 1 atom stereocenters. The third-order valence-corrected chi connectivity index (χ3v) is 4.43. The Morgan fingerprint density at radius 2 is 1.92 bits per heavy atom. The quantitative estimate of drug-likeness (QED) is 0.467. The van der Waals surface area contributed by atoms with Gasteiger partial charge in [0.1, 0.15) is 5.69 Å². The van der Waals surface area contributed by atoms with Crippen molar-refractivity contribution >= 4 is 40.7 Å². The minimum Gasteiger partial charge on any atom is -0.268 e. The number of nitrogens with one attached hydrogen (secondary N) is 1. The summed E-state index contributed by atoms with van der Waals surface area (Å²) >= 11 is 18.2. The van der Waals surface area contributed by atoms with Gasteiger partial charge in [-0.25, -0.2) is 10.3 Å². The van der Waals surface area contributed by atoms with Crippen LogP contribution < -0.4 is 5.48 Å².